The summed E-state index contributed by atoms with van der Waals surface area (Å²) in [5.74, 6) is 0.0646. The molecule has 7 rings (SSSR count). The highest BCUT2D eigenvalue weighted by molar-refractivity contribution is 6.09. The van der Waals surface area contributed by atoms with Crippen LogP contribution in [0.4, 0.5) is 0 Å². The number of amides is 1. The average molecular weight is 550 g/mol. The molecule has 42 heavy (non-hydrogen) atoms. The zero-order valence-corrected chi connectivity index (χ0v) is 23.9. The Hall–Kier alpha value is -4.83. The van der Waals surface area contributed by atoms with Crippen LogP contribution in [0.15, 0.2) is 127 Å². The Balaban J connectivity index is 1.20. The SMILES string of the molecule is C[C@H](NC(=O)[C@H](CCCCn1c2ccccc2c2ccccc21)n1c2ccccc2c2ccccc21)c1ccccc1. The number of carbonyl (C=O) groups excluding carboxylic acids is 1. The summed E-state index contributed by atoms with van der Waals surface area (Å²) in [4.78, 5) is 14.1. The van der Waals surface area contributed by atoms with Crippen LogP contribution < -0.4 is 5.32 Å². The summed E-state index contributed by atoms with van der Waals surface area (Å²) in [6.45, 7) is 2.98. The summed E-state index contributed by atoms with van der Waals surface area (Å²) in [7, 11) is 0. The van der Waals surface area contributed by atoms with Crippen molar-refractivity contribution in [3.63, 3.8) is 0 Å². The molecule has 0 bridgehead atoms. The molecule has 7 aromatic rings. The highest BCUT2D eigenvalue weighted by Gasteiger charge is 2.26. The number of nitrogens with zero attached hydrogens (tertiary/aromatic N) is 2. The number of fused-ring (bicyclic) bond motifs is 6. The van der Waals surface area contributed by atoms with Gasteiger partial charge in [0.1, 0.15) is 6.04 Å². The molecule has 0 aliphatic heterocycles. The molecule has 0 aliphatic rings. The second-order valence-corrected chi connectivity index (χ2v) is 11.2. The van der Waals surface area contributed by atoms with Gasteiger partial charge < -0.3 is 14.5 Å². The average Bonchev–Trinajstić information content (AvgIpc) is 3.54. The Bertz CT molecular complexity index is 1910. The number of nitrogens with one attached hydrogen (secondary N) is 1. The van der Waals surface area contributed by atoms with Crippen LogP contribution in [-0.4, -0.2) is 15.0 Å². The maximum Gasteiger partial charge on any atom is 0.243 e. The van der Waals surface area contributed by atoms with Crippen molar-refractivity contribution in [2.24, 2.45) is 0 Å². The van der Waals surface area contributed by atoms with E-state index in [4.69, 9.17) is 0 Å². The predicted molar refractivity (Wildman–Crippen MR) is 175 cm³/mol. The lowest BCUT2D eigenvalue weighted by molar-refractivity contribution is -0.125. The van der Waals surface area contributed by atoms with E-state index in [0.29, 0.717) is 0 Å². The highest BCUT2D eigenvalue weighted by Crippen LogP contribution is 2.34. The molecule has 208 valence electrons. The van der Waals surface area contributed by atoms with E-state index in [0.717, 1.165) is 42.4 Å². The zero-order chi connectivity index (χ0) is 28.5. The molecule has 2 heterocycles. The third-order valence-electron chi connectivity index (χ3n) is 8.68. The summed E-state index contributed by atoms with van der Waals surface area (Å²) in [6, 6.07) is 44.1. The fourth-order valence-corrected chi connectivity index (χ4v) is 6.65. The molecule has 4 heteroatoms. The number of carbonyl (C=O) groups is 1. The first-order valence-corrected chi connectivity index (χ1v) is 15.0. The molecule has 0 fully saturated rings. The molecule has 1 amide bonds. The lowest BCUT2D eigenvalue weighted by Crippen LogP contribution is -2.34. The molecule has 4 nitrogen and oxygen atoms in total. The van der Waals surface area contributed by atoms with Gasteiger partial charge in [0, 0.05) is 50.2 Å². The van der Waals surface area contributed by atoms with Crippen LogP contribution in [0.25, 0.3) is 43.6 Å². The molecule has 0 aliphatic carbocycles. The van der Waals surface area contributed by atoms with Gasteiger partial charge in [-0.25, -0.2) is 0 Å². The Kier molecular flexibility index (Phi) is 6.97. The third-order valence-corrected chi connectivity index (χ3v) is 8.68. The highest BCUT2D eigenvalue weighted by atomic mass is 16.2. The standard InChI is InChI=1S/C38H35N3O/c1-27(28-15-3-2-4-16-28)39-38(42)37(41-35-23-11-7-19-31(35)32-20-8-12-24-36(32)41)25-13-14-26-40-33-21-9-5-17-29(33)30-18-6-10-22-34(30)40/h2-12,15-24,27,37H,13-14,25-26H2,1H3,(H,39,42)/t27-,37-/m0/s1. The summed E-state index contributed by atoms with van der Waals surface area (Å²) < 4.78 is 4.72. The molecule has 0 unspecified atom stereocenters. The van der Waals surface area contributed by atoms with Gasteiger partial charge >= 0.3 is 0 Å². The minimum Gasteiger partial charge on any atom is -0.348 e. The fraction of sp³-hybridized carbons (Fsp3) is 0.184. The van der Waals surface area contributed by atoms with Crippen LogP contribution in [0.3, 0.4) is 0 Å². The van der Waals surface area contributed by atoms with Crippen molar-refractivity contribution in [3.8, 4) is 0 Å². The van der Waals surface area contributed by atoms with E-state index >= 15 is 0 Å². The Labute approximate surface area is 246 Å². The number of aromatic nitrogens is 2. The van der Waals surface area contributed by atoms with Crippen molar-refractivity contribution >= 4 is 49.5 Å². The van der Waals surface area contributed by atoms with Crippen molar-refractivity contribution in [2.45, 2.75) is 44.8 Å². The Morgan fingerprint density at radius 2 is 1.05 bits per heavy atom. The van der Waals surface area contributed by atoms with Gasteiger partial charge in [-0.15, -0.1) is 0 Å². The molecule has 0 saturated carbocycles. The molecule has 0 spiro atoms. The van der Waals surface area contributed by atoms with Crippen LogP contribution in [0.5, 0.6) is 0 Å². The van der Waals surface area contributed by atoms with Crippen molar-refractivity contribution in [1.29, 1.82) is 0 Å². The minimum absolute atomic E-state index is 0.0646. The lowest BCUT2D eigenvalue weighted by atomic mass is 10.0. The Morgan fingerprint density at radius 3 is 1.60 bits per heavy atom. The van der Waals surface area contributed by atoms with E-state index in [9.17, 15) is 4.79 Å². The van der Waals surface area contributed by atoms with Crippen molar-refractivity contribution in [2.75, 3.05) is 0 Å². The zero-order valence-electron chi connectivity index (χ0n) is 23.9. The monoisotopic (exact) mass is 549 g/mol. The number of rotatable bonds is 9. The maximum atomic E-state index is 14.1. The third kappa shape index (κ3) is 4.63. The van der Waals surface area contributed by atoms with Crippen molar-refractivity contribution in [3.05, 3.63) is 133 Å². The minimum atomic E-state index is -0.320. The topological polar surface area (TPSA) is 39.0 Å². The molecule has 0 radical (unpaired) electrons. The van der Waals surface area contributed by atoms with E-state index in [2.05, 4.69) is 131 Å². The van der Waals surface area contributed by atoms with Crippen LogP contribution >= 0.6 is 0 Å². The number of aryl methyl sites for hydroxylation is 1. The fourth-order valence-electron chi connectivity index (χ4n) is 6.65. The van der Waals surface area contributed by atoms with Gasteiger partial charge in [-0.3, -0.25) is 4.79 Å². The number of para-hydroxylation sites is 4. The molecular formula is C38H35N3O. The summed E-state index contributed by atoms with van der Waals surface area (Å²) in [6.07, 6.45) is 2.67. The first-order chi connectivity index (χ1) is 20.7. The van der Waals surface area contributed by atoms with Gasteiger partial charge in [-0.1, -0.05) is 103 Å². The van der Waals surface area contributed by atoms with E-state index in [1.807, 2.05) is 18.2 Å². The van der Waals surface area contributed by atoms with Gasteiger partial charge in [0.05, 0.1) is 6.04 Å². The van der Waals surface area contributed by atoms with Gasteiger partial charge in [-0.05, 0) is 56.0 Å². The first-order valence-electron chi connectivity index (χ1n) is 15.0. The van der Waals surface area contributed by atoms with Crippen molar-refractivity contribution < 1.29 is 4.79 Å². The van der Waals surface area contributed by atoms with Crippen LogP contribution in [-0.2, 0) is 11.3 Å². The van der Waals surface area contributed by atoms with E-state index in [1.54, 1.807) is 0 Å². The number of hydrogen-bond acceptors (Lipinski definition) is 1. The molecule has 5 aromatic carbocycles. The Morgan fingerprint density at radius 1 is 0.595 bits per heavy atom. The smallest absolute Gasteiger partial charge is 0.243 e. The molecular weight excluding hydrogens is 514 g/mol. The van der Waals surface area contributed by atoms with E-state index in [1.165, 1.54) is 32.6 Å². The number of benzene rings is 5. The van der Waals surface area contributed by atoms with Crippen LogP contribution in [0, 0.1) is 0 Å². The summed E-state index contributed by atoms with van der Waals surface area (Å²) in [5.41, 5.74) is 5.86. The molecule has 0 saturated heterocycles. The molecule has 1 N–H and O–H groups in total. The molecule has 2 atom stereocenters. The summed E-state index contributed by atoms with van der Waals surface area (Å²) in [5, 5.41) is 8.32. The van der Waals surface area contributed by atoms with Crippen molar-refractivity contribution in [1.82, 2.24) is 14.5 Å². The normalized spacial score (nSPS) is 13.2. The predicted octanol–water partition coefficient (Wildman–Crippen LogP) is 9.19. The first kappa shape index (κ1) is 26.1. The largest absolute Gasteiger partial charge is 0.348 e. The number of unbranched alkanes of at least 4 members (excludes halogenated alkanes) is 1. The van der Waals surface area contributed by atoms with Crippen LogP contribution in [0.1, 0.15) is 43.8 Å². The second kappa shape index (κ2) is 11.2. The van der Waals surface area contributed by atoms with E-state index in [-0.39, 0.29) is 18.0 Å². The van der Waals surface area contributed by atoms with Gasteiger partial charge in [-0.2, -0.15) is 0 Å². The van der Waals surface area contributed by atoms with Crippen LogP contribution in [0.2, 0.25) is 0 Å². The van der Waals surface area contributed by atoms with Gasteiger partial charge in [0.15, 0.2) is 0 Å². The van der Waals surface area contributed by atoms with Gasteiger partial charge in [0.2, 0.25) is 5.91 Å². The summed E-state index contributed by atoms with van der Waals surface area (Å²) >= 11 is 0. The van der Waals surface area contributed by atoms with Gasteiger partial charge in [0.25, 0.3) is 0 Å². The lowest BCUT2D eigenvalue weighted by Gasteiger charge is -2.24. The number of hydrogen-bond donors (Lipinski definition) is 1. The van der Waals surface area contributed by atoms with E-state index < -0.39 is 0 Å². The maximum absolute atomic E-state index is 14.1. The second-order valence-electron chi connectivity index (χ2n) is 11.2. The molecule has 2 aromatic heterocycles. The quantitative estimate of drug-likeness (QED) is 0.179.